The molecule has 0 fully saturated rings. The predicted molar refractivity (Wildman–Crippen MR) is 62.6 cm³/mol. The van der Waals surface area contributed by atoms with Gasteiger partial charge in [0, 0.05) is 24.8 Å². The molecule has 5 nitrogen and oxygen atoms in total. The number of rotatable bonds is 3. The number of nitrogens with one attached hydrogen (secondary N) is 2. The van der Waals surface area contributed by atoms with Crippen molar-refractivity contribution in [2.24, 2.45) is 5.92 Å². The Kier molecular flexibility index (Phi) is 3.39. The fraction of sp³-hybridized carbons (Fsp3) is 0.333. The minimum absolute atomic E-state index is 0.0782. The van der Waals surface area contributed by atoms with Gasteiger partial charge in [-0.3, -0.25) is 9.59 Å². The number of carbonyl (C=O) groups excluding carboxylic acids is 1. The van der Waals surface area contributed by atoms with Gasteiger partial charge in [0.05, 0.1) is 0 Å². The summed E-state index contributed by atoms with van der Waals surface area (Å²) in [5.41, 5.74) is -0.293. The van der Waals surface area contributed by atoms with Gasteiger partial charge in [0.25, 0.3) is 11.5 Å². The van der Waals surface area contributed by atoms with Gasteiger partial charge in [0.1, 0.15) is 5.56 Å². The van der Waals surface area contributed by atoms with Crippen LogP contribution in [0.2, 0.25) is 0 Å². The summed E-state index contributed by atoms with van der Waals surface area (Å²) in [4.78, 5) is 25.6. The van der Waals surface area contributed by atoms with E-state index in [0.717, 1.165) is 0 Å². The Morgan fingerprint density at radius 2 is 2.35 bits per heavy atom. The molecule has 0 saturated carbocycles. The Bertz CT molecular complexity index is 493. The van der Waals surface area contributed by atoms with Crippen molar-refractivity contribution < 1.29 is 9.90 Å². The monoisotopic (exact) mass is 234 g/mol. The van der Waals surface area contributed by atoms with E-state index in [0.29, 0.717) is 6.42 Å². The van der Waals surface area contributed by atoms with E-state index in [2.05, 4.69) is 10.3 Å². The largest absolute Gasteiger partial charge is 0.396 e. The molecule has 3 N–H and O–H groups in total. The molecule has 0 aliphatic heterocycles. The van der Waals surface area contributed by atoms with Crippen LogP contribution in [-0.2, 0) is 0 Å². The molecular formula is C12H14N2O3. The molecule has 0 spiro atoms. The summed E-state index contributed by atoms with van der Waals surface area (Å²) in [7, 11) is 0. The lowest BCUT2D eigenvalue weighted by Crippen LogP contribution is -2.36. The summed E-state index contributed by atoms with van der Waals surface area (Å²) in [6.07, 6.45) is 5.87. The molecular weight excluding hydrogens is 220 g/mol. The van der Waals surface area contributed by atoms with Gasteiger partial charge in [-0.1, -0.05) is 12.2 Å². The molecule has 0 radical (unpaired) electrons. The lowest BCUT2D eigenvalue weighted by atomic mass is 10.1. The highest BCUT2D eigenvalue weighted by molar-refractivity contribution is 5.94. The maximum Gasteiger partial charge on any atom is 0.260 e. The van der Waals surface area contributed by atoms with Crippen LogP contribution in [0.15, 0.2) is 35.3 Å². The van der Waals surface area contributed by atoms with Gasteiger partial charge in [-0.05, 0) is 18.6 Å². The lowest BCUT2D eigenvalue weighted by Gasteiger charge is -2.12. The molecule has 1 amide bonds. The van der Waals surface area contributed by atoms with Crippen molar-refractivity contribution in [3.05, 3.63) is 46.4 Å². The normalized spacial score (nSPS) is 22.6. The second-order valence-electron chi connectivity index (χ2n) is 4.06. The Morgan fingerprint density at radius 3 is 3.00 bits per heavy atom. The highest BCUT2D eigenvalue weighted by Crippen LogP contribution is 2.17. The van der Waals surface area contributed by atoms with E-state index in [-0.39, 0.29) is 30.0 Å². The molecule has 1 aromatic rings. The third-order valence-corrected chi connectivity index (χ3v) is 2.79. The first-order chi connectivity index (χ1) is 8.20. The van der Waals surface area contributed by atoms with Crippen molar-refractivity contribution >= 4 is 5.91 Å². The molecule has 5 heteroatoms. The van der Waals surface area contributed by atoms with Crippen LogP contribution in [0.25, 0.3) is 0 Å². The Labute approximate surface area is 98.2 Å². The Hall–Kier alpha value is -1.88. The second kappa shape index (κ2) is 4.97. The van der Waals surface area contributed by atoms with Crippen molar-refractivity contribution in [1.29, 1.82) is 0 Å². The van der Waals surface area contributed by atoms with E-state index in [9.17, 15) is 9.59 Å². The number of pyridine rings is 1. The molecule has 0 aromatic carbocycles. The zero-order valence-electron chi connectivity index (χ0n) is 9.22. The first kappa shape index (κ1) is 11.6. The summed E-state index contributed by atoms with van der Waals surface area (Å²) < 4.78 is 0. The van der Waals surface area contributed by atoms with Gasteiger partial charge in [-0.15, -0.1) is 0 Å². The van der Waals surface area contributed by atoms with Crippen LogP contribution in [0.1, 0.15) is 16.8 Å². The maximum absolute atomic E-state index is 11.8. The van der Waals surface area contributed by atoms with E-state index in [1.807, 2.05) is 12.2 Å². The topological polar surface area (TPSA) is 82.2 Å². The molecule has 2 atom stereocenters. The van der Waals surface area contributed by atoms with Crippen molar-refractivity contribution in [3.8, 4) is 0 Å². The van der Waals surface area contributed by atoms with Gasteiger partial charge in [-0.2, -0.15) is 0 Å². The summed E-state index contributed by atoms with van der Waals surface area (Å²) in [6.45, 7) is 0.0782. The van der Waals surface area contributed by atoms with Gasteiger partial charge in [-0.25, -0.2) is 0 Å². The van der Waals surface area contributed by atoms with Gasteiger partial charge >= 0.3 is 0 Å². The van der Waals surface area contributed by atoms with Crippen LogP contribution >= 0.6 is 0 Å². The predicted octanol–water partition coefficient (Wildman–Crippen LogP) is 0.0417. The molecule has 0 unspecified atom stereocenters. The van der Waals surface area contributed by atoms with Crippen LogP contribution in [0.5, 0.6) is 0 Å². The molecule has 2 rings (SSSR count). The number of aromatic nitrogens is 1. The quantitative estimate of drug-likeness (QED) is 0.646. The first-order valence-electron chi connectivity index (χ1n) is 5.48. The van der Waals surface area contributed by atoms with Crippen molar-refractivity contribution in [2.45, 2.75) is 12.5 Å². The number of amides is 1. The molecule has 0 bridgehead atoms. The molecule has 1 aliphatic rings. The molecule has 1 aromatic heterocycles. The molecule has 0 saturated heterocycles. The number of aromatic amines is 1. The van der Waals surface area contributed by atoms with Crippen LogP contribution in [0, 0.1) is 5.92 Å². The zero-order valence-corrected chi connectivity index (χ0v) is 9.22. The summed E-state index contributed by atoms with van der Waals surface area (Å²) in [6, 6.07) is 2.98. The van der Waals surface area contributed by atoms with E-state index in [4.69, 9.17) is 5.11 Å². The number of aliphatic hydroxyl groups excluding tert-OH is 1. The molecule has 1 aliphatic carbocycles. The van der Waals surface area contributed by atoms with E-state index in [1.54, 1.807) is 6.07 Å². The minimum Gasteiger partial charge on any atom is -0.396 e. The van der Waals surface area contributed by atoms with Gasteiger partial charge in [0.2, 0.25) is 0 Å². The first-order valence-corrected chi connectivity index (χ1v) is 5.48. The average molecular weight is 234 g/mol. The fourth-order valence-electron chi connectivity index (χ4n) is 1.86. The van der Waals surface area contributed by atoms with Crippen LogP contribution in [0.3, 0.4) is 0 Å². The van der Waals surface area contributed by atoms with Crippen molar-refractivity contribution in [3.63, 3.8) is 0 Å². The standard InChI is InChI=1S/C12H14N2O3/c15-7-8-3-4-9(6-8)14-12(17)10-2-1-5-13-11(10)16/h1-5,8-9,15H,6-7H2,(H,13,16)(H,14,17)/t8-,9+/m0/s1. The van der Waals surface area contributed by atoms with Gasteiger partial charge in [0.15, 0.2) is 0 Å². The molecule has 1 heterocycles. The second-order valence-corrected chi connectivity index (χ2v) is 4.06. The highest BCUT2D eigenvalue weighted by atomic mass is 16.3. The average Bonchev–Trinajstić information content (AvgIpc) is 2.77. The number of carbonyl (C=O) groups is 1. The Morgan fingerprint density at radius 1 is 1.53 bits per heavy atom. The van der Waals surface area contributed by atoms with E-state index in [1.165, 1.54) is 12.3 Å². The maximum atomic E-state index is 11.8. The highest BCUT2D eigenvalue weighted by Gasteiger charge is 2.21. The van der Waals surface area contributed by atoms with E-state index < -0.39 is 5.56 Å². The lowest BCUT2D eigenvalue weighted by molar-refractivity contribution is 0.0939. The van der Waals surface area contributed by atoms with Crippen LogP contribution in [0.4, 0.5) is 0 Å². The van der Waals surface area contributed by atoms with Crippen molar-refractivity contribution in [2.75, 3.05) is 6.61 Å². The third-order valence-electron chi connectivity index (χ3n) is 2.79. The van der Waals surface area contributed by atoms with Crippen LogP contribution in [-0.4, -0.2) is 28.6 Å². The summed E-state index contributed by atoms with van der Waals surface area (Å²) >= 11 is 0. The zero-order chi connectivity index (χ0) is 12.3. The van der Waals surface area contributed by atoms with Crippen LogP contribution < -0.4 is 10.9 Å². The minimum atomic E-state index is -0.398. The SMILES string of the molecule is O=C(N[C@@H]1C=C[C@H](CO)C1)c1ccc[nH]c1=O. The summed E-state index contributed by atoms with van der Waals surface area (Å²) in [5.74, 6) is -0.297. The van der Waals surface area contributed by atoms with Gasteiger partial charge < -0.3 is 15.4 Å². The fourth-order valence-corrected chi connectivity index (χ4v) is 1.86. The smallest absolute Gasteiger partial charge is 0.260 e. The third kappa shape index (κ3) is 2.62. The summed E-state index contributed by atoms with van der Waals surface area (Å²) in [5, 5.41) is 11.7. The van der Waals surface area contributed by atoms with Crippen molar-refractivity contribution in [1.82, 2.24) is 10.3 Å². The number of hydrogen-bond acceptors (Lipinski definition) is 3. The van der Waals surface area contributed by atoms with E-state index >= 15 is 0 Å². The molecule has 17 heavy (non-hydrogen) atoms. The Balaban J connectivity index is 2.02. The number of hydrogen-bond donors (Lipinski definition) is 3. The number of aliphatic hydroxyl groups is 1. The molecule has 90 valence electrons. The number of H-pyrrole nitrogens is 1.